The van der Waals surface area contributed by atoms with Gasteiger partial charge < -0.3 is 14.6 Å². The molecule has 29 heavy (non-hydrogen) atoms. The largest absolute Gasteiger partial charge is 0.381 e. The molecule has 1 aliphatic rings. The molecule has 1 amide bonds. The number of nitrogens with zero attached hydrogens (tertiary/aromatic N) is 1. The maximum atomic E-state index is 12.5. The van der Waals surface area contributed by atoms with Crippen molar-refractivity contribution in [2.24, 2.45) is 0 Å². The first-order valence-corrected chi connectivity index (χ1v) is 10.8. The summed E-state index contributed by atoms with van der Waals surface area (Å²) in [7, 11) is 0. The van der Waals surface area contributed by atoms with E-state index >= 15 is 0 Å². The summed E-state index contributed by atoms with van der Waals surface area (Å²) >= 11 is 0. The minimum Gasteiger partial charge on any atom is -0.381 e. The SMILES string of the molecule is O=C(CCCOCCc1ccccc1)N1CCC(c2c[nH]c3ccccc23)CC1. The fourth-order valence-corrected chi connectivity index (χ4v) is 4.29. The van der Waals surface area contributed by atoms with Crippen molar-refractivity contribution in [3.05, 3.63) is 71.9 Å². The molecule has 0 radical (unpaired) electrons. The predicted octanol–water partition coefficient (Wildman–Crippen LogP) is 4.91. The number of amides is 1. The average molecular weight is 391 g/mol. The summed E-state index contributed by atoms with van der Waals surface area (Å²) in [4.78, 5) is 17.9. The molecule has 1 saturated heterocycles. The highest BCUT2D eigenvalue weighted by molar-refractivity contribution is 5.83. The number of aromatic nitrogens is 1. The Morgan fingerprint density at radius 2 is 1.76 bits per heavy atom. The lowest BCUT2D eigenvalue weighted by Crippen LogP contribution is -2.37. The van der Waals surface area contributed by atoms with Gasteiger partial charge in [-0.25, -0.2) is 0 Å². The number of aromatic amines is 1. The van der Waals surface area contributed by atoms with E-state index < -0.39 is 0 Å². The standard InChI is InChI=1S/C25H30N2O2/c28-25(11-6-17-29-18-14-20-7-2-1-3-8-20)27-15-12-21(13-16-27)23-19-26-24-10-5-4-9-22(23)24/h1-5,7-10,19,21,26H,6,11-18H2. The van der Waals surface area contributed by atoms with Crippen LogP contribution >= 0.6 is 0 Å². The third kappa shape index (κ3) is 5.07. The van der Waals surface area contributed by atoms with Crippen molar-refractivity contribution in [1.82, 2.24) is 9.88 Å². The molecule has 0 spiro atoms. The quantitative estimate of drug-likeness (QED) is 0.555. The zero-order chi connectivity index (χ0) is 19.9. The molecule has 4 nitrogen and oxygen atoms in total. The van der Waals surface area contributed by atoms with E-state index in [2.05, 4.69) is 59.7 Å². The number of piperidine rings is 1. The molecule has 4 heteroatoms. The number of rotatable bonds is 8. The second-order valence-electron chi connectivity index (χ2n) is 7.90. The Labute approximate surface area is 172 Å². The van der Waals surface area contributed by atoms with Gasteiger partial charge in [-0.05, 0) is 48.8 Å². The molecule has 152 valence electrons. The Balaban J connectivity index is 1.15. The molecule has 0 saturated carbocycles. The predicted molar refractivity (Wildman–Crippen MR) is 117 cm³/mol. The zero-order valence-electron chi connectivity index (χ0n) is 17.0. The lowest BCUT2D eigenvalue weighted by molar-refractivity contribution is -0.132. The number of nitrogens with one attached hydrogen (secondary N) is 1. The number of carbonyl (C=O) groups excluding carboxylic acids is 1. The Kier molecular flexibility index (Phi) is 6.63. The highest BCUT2D eigenvalue weighted by Crippen LogP contribution is 2.33. The van der Waals surface area contributed by atoms with E-state index in [1.54, 1.807) is 0 Å². The molecule has 4 rings (SSSR count). The molecule has 0 aliphatic carbocycles. The Morgan fingerprint density at radius 1 is 1.00 bits per heavy atom. The highest BCUT2D eigenvalue weighted by atomic mass is 16.5. The zero-order valence-corrected chi connectivity index (χ0v) is 17.0. The van der Waals surface area contributed by atoms with Gasteiger partial charge >= 0.3 is 0 Å². The van der Waals surface area contributed by atoms with E-state index in [0.29, 0.717) is 25.6 Å². The Morgan fingerprint density at radius 3 is 2.59 bits per heavy atom. The van der Waals surface area contributed by atoms with Crippen molar-refractivity contribution in [2.45, 2.75) is 38.0 Å². The average Bonchev–Trinajstić information content (AvgIpc) is 3.21. The lowest BCUT2D eigenvalue weighted by Gasteiger charge is -2.32. The summed E-state index contributed by atoms with van der Waals surface area (Å²) in [6.07, 6.45) is 6.55. The number of ether oxygens (including phenoxy) is 1. The van der Waals surface area contributed by atoms with Gasteiger partial charge in [0.05, 0.1) is 6.61 Å². The summed E-state index contributed by atoms with van der Waals surface area (Å²) in [6.45, 7) is 3.09. The van der Waals surface area contributed by atoms with E-state index in [9.17, 15) is 4.79 Å². The molecular formula is C25H30N2O2. The van der Waals surface area contributed by atoms with Crippen LogP contribution < -0.4 is 0 Å². The molecule has 0 unspecified atom stereocenters. The summed E-state index contributed by atoms with van der Waals surface area (Å²) in [6, 6.07) is 18.8. The van der Waals surface area contributed by atoms with Crippen molar-refractivity contribution in [2.75, 3.05) is 26.3 Å². The van der Waals surface area contributed by atoms with Crippen molar-refractivity contribution < 1.29 is 9.53 Å². The van der Waals surface area contributed by atoms with Gasteiger partial charge in [-0.1, -0.05) is 48.5 Å². The normalized spacial score (nSPS) is 15.1. The summed E-state index contributed by atoms with van der Waals surface area (Å²) < 4.78 is 5.71. The van der Waals surface area contributed by atoms with Crippen molar-refractivity contribution in [1.29, 1.82) is 0 Å². The molecule has 2 heterocycles. The number of para-hydroxylation sites is 1. The van der Waals surface area contributed by atoms with Crippen molar-refractivity contribution in [3.8, 4) is 0 Å². The number of hydrogen-bond acceptors (Lipinski definition) is 2. The maximum Gasteiger partial charge on any atom is 0.222 e. The summed E-state index contributed by atoms with van der Waals surface area (Å²) in [5.74, 6) is 0.811. The highest BCUT2D eigenvalue weighted by Gasteiger charge is 2.25. The van der Waals surface area contributed by atoms with Crippen LogP contribution in [-0.4, -0.2) is 42.1 Å². The van der Waals surface area contributed by atoms with Crippen LogP contribution in [0.3, 0.4) is 0 Å². The van der Waals surface area contributed by atoms with Crippen molar-refractivity contribution >= 4 is 16.8 Å². The molecule has 1 fully saturated rings. The van der Waals surface area contributed by atoms with Crippen LogP contribution in [0, 0.1) is 0 Å². The Hall–Kier alpha value is -2.59. The molecule has 2 aromatic carbocycles. The summed E-state index contributed by atoms with van der Waals surface area (Å²) in [5, 5.41) is 1.32. The first-order valence-electron chi connectivity index (χ1n) is 10.8. The first kappa shape index (κ1) is 19.7. The maximum absolute atomic E-state index is 12.5. The van der Waals surface area contributed by atoms with Gasteiger partial charge in [0, 0.05) is 43.2 Å². The van der Waals surface area contributed by atoms with Gasteiger partial charge in [0.25, 0.3) is 0 Å². The number of likely N-dealkylation sites (tertiary alicyclic amines) is 1. The number of benzene rings is 2. The van der Waals surface area contributed by atoms with E-state index in [4.69, 9.17) is 4.74 Å². The van der Waals surface area contributed by atoms with Gasteiger partial charge in [0.1, 0.15) is 0 Å². The van der Waals surface area contributed by atoms with Gasteiger partial charge in [-0.15, -0.1) is 0 Å². The monoisotopic (exact) mass is 390 g/mol. The number of hydrogen-bond donors (Lipinski definition) is 1. The molecule has 1 aliphatic heterocycles. The van der Waals surface area contributed by atoms with Gasteiger partial charge in [0.2, 0.25) is 5.91 Å². The van der Waals surface area contributed by atoms with Crippen LogP contribution in [0.1, 0.15) is 42.7 Å². The van der Waals surface area contributed by atoms with Crippen LogP contribution in [0.25, 0.3) is 10.9 Å². The molecule has 1 N–H and O–H groups in total. The smallest absolute Gasteiger partial charge is 0.222 e. The minimum atomic E-state index is 0.272. The van der Waals surface area contributed by atoms with E-state index in [1.807, 2.05) is 11.0 Å². The second kappa shape index (κ2) is 9.75. The number of H-pyrrole nitrogens is 1. The Bertz CT molecular complexity index is 911. The van der Waals surface area contributed by atoms with E-state index in [0.717, 1.165) is 38.8 Å². The fraction of sp³-hybridized carbons (Fsp3) is 0.400. The number of carbonyl (C=O) groups is 1. The fourth-order valence-electron chi connectivity index (χ4n) is 4.29. The van der Waals surface area contributed by atoms with Gasteiger partial charge in [-0.3, -0.25) is 4.79 Å². The van der Waals surface area contributed by atoms with Crippen LogP contribution in [0.15, 0.2) is 60.8 Å². The van der Waals surface area contributed by atoms with Gasteiger partial charge in [0.15, 0.2) is 0 Å². The van der Waals surface area contributed by atoms with E-state index in [-0.39, 0.29) is 5.91 Å². The lowest BCUT2D eigenvalue weighted by atomic mass is 9.89. The first-order chi connectivity index (χ1) is 14.3. The van der Waals surface area contributed by atoms with Crippen LogP contribution in [0.5, 0.6) is 0 Å². The molecule has 0 bridgehead atoms. The third-order valence-corrected chi connectivity index (χ3v) is 5.97. The molecule has 0 atom stereocenters. The van der Waals surface area contributed by atoms with E-state index in [1.165, 1.54) is 22.0 Å². The van der Waals surface area contributed by atoms with Crippen molar-refractivity contribution in [3.63, 3.8) is 0 Å². The van der Waals surface area contributed by atoms with Crippen LogP contribution in [-0.2, 0) is 16.0 Å². The molecule has 1 aromatic heterocycles. The molecular weight excluding hydrogens is 360 g/mol. The third-order valence-electron chi connectivity index (χ3n) is 5.97. The second-order valence-corrected chi connectivity index (χ2v) is 7.90. The summed E-state index contributed by atoms with van der Waals surface area (Å²) in [5.41, 5.74) is 3.90. The van der Waals surface area contributed by atoms with Crippen LogP contribution in [0.4, 0.5) is 0 Å². The number of fused-ring (bicyclic) bond motifs is 1. The van der Waals surface area contributed by atoms with Gasteiger partial charge in [-0.2, -0.15) is 0 Å². The topological polar surface area (TPSA) is 45.3 Å². The molecule has 3 aromatic rings. The minimum absolute atomic E-state index is 0.272. The van der Waals surface area contributed by atoms with Crippen LogP contribution in [0.2, 0.25) is 0 Å².